The average molecular weight is 318 g/mol. The van der Waals surface area contributed by atoms with E-state index < -0.39 is 5.97 Å². The first-order valence-electron chi connectivity index (χ1n) is 7.75. The molecule has 0 spiro atoms. The number of benzene rings is 1. The predicted octanol–water partition coefficient (Wildman–Crippen LogP) is 2.06. The molecular weight excluding hydrogens is 296 g/mol. The molecule has 1 aliphatic rings. The standard InChI is InChI=1S/C17H22N2O4/c1-12-4-3-9-19(11-12)16(21)10-15(20)18-14-7-5-13(6-8-14)17(22)23-2/h5-8,12H,3-4,9-11H2,1-2H3,(H,18,20). The van der Waals surface area contributed by atoms with Gasteiger partial charge >= 0.3 is 5.97 Å². The first-order valence-corrected chi connectivity index (χ1v) is 7.75. The lowest BCUT2D eigenvalue weighted by atomic mass is 10.00. The Morgan fingerprint density at radius 1 is 1.26 bits per heavy atom. The highest BCUT2D eigenvalue weighted by atomic mass is 16.5. The van der Waals surface area contributed by atoms with Crippen LogP contribution in [-0.4, -0.2) is 42.9 Å². The number of hydrogen-bond donors (Lipinski definition) is 1. The van der Waals surface area contributed by atoms with Gasteiger partial charge in [0.2, 0.25) is 11.8 Å². The molecule has 23 heavy (non-hydrogen) atoms. The molecule has 0 aliphatic carbocycles. The Hall–Kier alpha value is -2.37. The van der Waals surface area contributed by atoms with Crippen molar-refractivity contribution in [2.24, 2.45) is 5.92 Å². The lowest BCUT2D eigenvalue weighted by Gasteiger charge is -2.30. The summed E-state index contributed by atoms with van der Waals surface area (Å²) in [5.74, 6) is -0.432. The average Bonchev–Trinajstić information content (AvgIpc) is 2.54. The summed E-state index contributed by atoms with van der Waals surface area (Å²) in [7, 11) is 1.31. The Balaban J connectivity index is 1.86. The number of rotatable bonds is 4. The molecule has 1 fully saturated rings. The number of methoxy groups -OCH3 is 1. The van der Waals surface area contributed by atoms with Crippen LogP contribution in [0.4, 0.5) is 5.69 Å². The van der Waals surface area contributed by atoms with Gasteiger partial charge in [-0.3, -0.25) is 9.59 Å². The van der Waals surface area contributed by atoms with Gasteiger partial charge in [-0.15, -0.1) is 0 Å². The Morgan fingerprint density at radius 2 is 1.96 bits per heavy atom. The van der Waals surface area contributed by atoms with Crippen LogP contribution in [-0.2, 0) is 14.3 Å². The smallest absolute Gasteiger partial charge is 0.337 e. The van der Waals surface area contributed by atoms with Crippen molar-refractivity contribution >= 4 is 23.5 Å². The van der Waals surface area contributed by atoms with Gasteiger partial charge < -0.3 is 15.0 Å². The second-order valence-corrected chi connectivity index (χ2v) is 5.88. The number of carbonyl (C=O) groups excluding carboxylic acids is 3. The molecule has 1 heterocycles. The number of hydrogen-bond acceptors (Lipinski definition) is 4. The fourth-order valence-electron chi connectivity index (χ4n) is 2.68. The summed E-state index contributed by atoms with van der Waals surface area (Å²) in [5.41, 5.74) is 0.950. The summed E-state index contributed by atoms with van der Waals surface area (Å²) in [6.45, 7) is 3.56. The molecule has 1 saturated heterocycles. The summed E-state index contributed by atoms with van der Waals surface area (Å²) in [6.07, 6.45) is 1.96. The van der Waals surface area contributed by atoms with E-state index in [1.54, 1.807) is 29.2 Å². The van der Waals surface area contributed by atoms with E-state index in [0.29, 0.717) is 17.2 Å². The van der Waals surface area contributed by atoms with Gasteiger partial charge in [-0.25, -0.2) is 4.79 Å². The normalized spacial score (nSPS) is 17.5. The lowest BCUT2D eigenvalue weighted by Crippen LogP contribution is -2.40. The first-order chi connectivity index (χ1) is 11.0. The number of nitrogens with zero attached hydrogens (tertiary/aromatic N) is 1. The molecule has 2 amide bonds. The van der Waals surface area contributed by atoms with Gasteiger partial charge in [0.1, 0.15) is 6.42 Å². The number of likely N-dealkylation sites (tertiary alicyclic amines) is 1. The van der Waals surface area contributed by atoms with Gasteiger partial charge in [0.25, 0.3) is 0 Å². The lowest BCUT2D eigenvalue weighted by molar-refractivity contribution is -0.136. The van der Waals surface area contributed by atoms with E-state index in [0.717, 1.165) is 25.9 Å². The van der Waals surface area contributed by atoms with Crippen molar-refractivity contribution in [2.45, 2.75) is 26.2 Å². The molecule has 1 unspecified atom stereocenters. The minimum absolute atomic E-state index is 0.139. The number of ether oxygens (including phenoxy) is 1. The fraction of sp³-hybridized carbons (Fsp3) is 0.471. The second kappa shape index (κ2) is 7.76. The van der Waals surface area contributed by atoms with Crippen molar-refractivity contribution < 1.29 is 19.1 Å². The maximum atomic E-state index is 12.1. The van der Waals surface area contributed by atoms with Gasteiger partial charge in [-0.2, -0.15) is 0 Å². The number of amides is 2. The Morgan fingerprint density at radius 3 is 2.57 bits per heavy atom. The van der Waals surface area contributed by atoms with Crippen LogP contribution in [0.5, 0.6) is 0 Å². The third-order valence-corrected chi connectivity index (χ3v) is 3.91. The summed E-state index contributed by atoms with van der Waals surface area (Å²) >= 11 is 0. The quantitative estimate of drug-likeness (QED) is 0.681. The molecule has 1 atom stereocenters. The zero-order chi connectivity index (χ0) is 16.8. The zero-order valence-corrected chi connectivity index (χ0v) is 13.5. The van der Waals surface area contributed by atoms with Gasteiger partial charge in [0.15, 0.2) is 0 Å². The topological polar surface area (TPSA) is 75.7 Å². The first kappa shape index (κ1) is 17.0. The van der Waals surface area contributed by atoms with E-state index in [1.165, 1.54) is 7.11 Å². The molecule has 0 aromatic heterocycles. The minimum Gasteiger partial charge on any atom is -0.465 e. The van der Waals surface area contributed by atoms with Gasteiger partial charge in [-0.05, 0) is 43.0 Å². The van der Waals surface area contributed by atoms with Crippen LogP contribution < -0.4 is 5.32 Å². The van der Waals surface area contributed by atoms with Crippen molar-refractivity contribution in [1.82, 2.24) is 4.90 Å². The SMILES string of the molecule is COC(=O)c1ccc(NC(=O)CC(=O)N2CCCC(C)C2)cc1. The molecule has 1 aromatic carbocycles. The van der Waals surface area contributed by atoms with Crippen molar-refractivity contribution in [2.75, 3.05) is 25.5 Å². The summed E-state index contributed by atoms with van der Waals surface area (Å²) < 4.78 is 4.61. The summed E-state index contributed by atoms with van der Waals surface area (Å²) in [5, 5.41) is 2.67. The van der Waals surface area contributed by atoms with Crippen LogP contribution >= 0.6 is 0 Å². The number of esters is 1. The van der Waals surface area contributed by atoms with Crippen molar-refractivity contribution in [1.29, 1.82) is 0 Å². The van der Waals surface area contributed by atoms with Gasteiger partial charge in [-0.1, -0.05) is 6.92 Å². The van der Waals surface area contributed by atoms with E-state index in [2.05, 4.69) is 17.0 Å². The van der Waals surface area contributed by atoms with E-state index in [4.69, 9.17) is 0 Å². The molecule has 124 valence electrons. The number of nitrogens with one attached hydrogen (secondary N) is 1. The van der Waals surface area contributed by atoms with Crippen molar-refractivity contribution in [3.63, 3.8) is 0 Å². The molecule has 0 bridgehead atoms. The largest absolute Gasteiger partial charge is 0.465 e. The number of anilines is 1. The highest BCUT2D eigenvalue weighted by Crippen LogP contribution is 2.16. The third kappa shape index (κ3) is 4.81. The minimum atomic E-state index is -0.433. The zero-order valence-electron chi connectivity index (χ0n) is 13.5. The second-order valence-electron chi connectivity index (χ2n) is 5.88. The third-order valence-electron chi connectivity index (χ3n) is 3.91. The highest BCUT2D eigenvalue weighted by Gasteiger charge is 2.22. The van der Waals surface area contributed by atoms with E-state index >= 15 is 0 Å². The molecule has 0 saturated carbocycles. The molecule has 6 heteroatoms. The Labute approximate surface area is 135 Å². The predicted molar refractivity (Wildman–Crippen MR) is 86.0 cm³/mol. The number of piperidine rings is 1. The van der Waals surface area contributed by atoms with Crippen molar-refractivity contribution in [3.05, 3.63) is 29.8 Å². The Kier molecular flexibility index (Phi) is 5.73. The maximum absolute atomic E-state index is 12.1. The molecule has 1 aliphatic heterocycles. The van der Waals surface area contributed by atoms with E-state index in [-0.39, 0.29) is 18.2 Å². The van der Waals surface area contributed by atoms with Crippen LogP contribution in [0, 0.1) is 5.92 Å². The maximum Gasteiger partial charge on any atom is 0.337 e. The van der Waals surface area contributed by atoms with Crippen LogP contribution in [0.25, 0.3) is 0 Å². The summed E-state index contributed by atoms with van der Waals surface area (Å²) in [4.78, 5) is 37.2. The molecule has 6 nitrogen and oxygen atoms in total. The van der Waals surface area contributed by atoms with Crippen LogP contribution in [0.3, 0.4) is 0 Å². The Bertz CT molecular complexity index is 583. The molecule has 1 aromatic rings. The van der Waals surface area contributed by atoms with Crippen LogP contribution in [0.15, 0.2) is 24.3 Å². The van der Waals surface area contributed by atoms with Crippen LogP contribution in [0.2, 0.25) is 0 Å². The monoisotopic (exact) mass is 318 g/mol. The van der Waals surface area contributed by atoms with Gasteiger partial charge in [0, 0.05) is 18.8 Å². The van der Waals surface area contributed by atoms with Gasteiger partial charge in [0.05, 0.1) is 12.7 Å². The summed E-state index contributed by atoms with van der Waals surface area (Å²) in [6, 6.07) is 6.35. The molecule has 0 radical (unpaired) electrons. The fourth-order valence-corrected chi connectivity index (χ4v) is 2.68. The van der Waals surface area contributed by atoms with Crippen molar-refractivity contribution in [3.8, 4) is 0 Å². The molecule has 1 N–H and O–H groups in total. The van der Waals surface area contributed by atoms with Crippen LogP contribution in [0.1, 0.15) is 36.5 Å². The highest BCUT2D eigenvalue weighted by molar-refractivity contribution is 6.03. The number of carbonyl (C=O) groups is 3. The van der Waals surface area contributed by atoms with E-state index in [9.17, 15) is 14.4 Å². The van der Waals surface area contributed by atoms with E-state index in [1.807, 2.05) is 0 Å². The molecular formula is C17H22N2O4. The molecule has 2 rings (SSSR count).